The van der Waals surface area contributed by atoms with E-state index in [0.29, 0.717) is 5.57 Å². The Hall–Kier alpha value is -1.82. The molecule has 1 atom stereocenters. The summed E-state index contributed by atoms with van der Waals surface area (Å²) in [5, 5.41) is 9.06. The number of amides is 1. The lowest BCUT2D eigenvalue weighted by Crippen LogP contribution is -2.41. The number of esters is 1. The van der Waals surface area contributed by atoms with Crippen molar-refractivity contribution in [2.45, 2.75) is 32.8 Å². The molecule has 22 heavy (non-hydrogen) atoms. The predicted octanol–water partition coefficient (Wildman–Crippen LogP) is 2.14. The van der Waals surface area contributed by atoms with E-state index in [1.54, 1.807) is 26.8 Å². The van der Waals surface area contributed by atoms with Crippen molar-refractivity contribution in [1.82, 2.24) is 4.90 Å². The number of nitrogens with zero attached hydrogens (tertiary/aromatic N) is 1. The Bertz CT molecular complexity index is 411. The van der Waals surface area contributed by atoms with Crippen LogP contribution in [0.3, 0.4) is 0 Å². The molecular formula is C16H27NO5. The van der Waals surface area contributed by atoms with Crippen LogP contribution in [0, 0.1) is 5.92 Å². The van der Waals surface area contributed by atoms with Crippen molar-refractivity contribution in [2.24, 2.45) is 5.92 Å². The Labute approximate surface area is 132 Å². The molecule has 0 saturated carbocycles. The molecule has 0 heterocycles. The number of methoxy groups -OCH3 is 1. The summed E-state index contributed by atoms with van der Waals surface area (Å²) >= 11 is 0. The summed E-state index contributed by atoms with van der Waals surface area (Å²) in [6, 6.07) is 0. The molecule has 0 fully saturated rings. The highest BCUT2D eigenvalue weighted by Gasteiger charge is 2.28. The van der Waals surface area contributed by atoms with Crippen LogP contribution in [0.4, 0.5) is 4.79 Å². The van der Waals surface area contributed by atoms with Crippen molar-refractivity contribution in [3.05, 3.63) is 24.8 Å². The molecule has 0 aromatic carbocycles. The van der Waals surface area contributed by atoms with Crippen LogP contribution in [0.2, 0.25) is 0 Å². The fraction of sp³-hybridized carbons (Fsp3) is 0.625. The van der Waals surface area contributed by atoms with Gasteiger partial charge in [0.1, 0.15) is 5.60 Å². The van der Waals surface area contributed by atoms with Gasteiger partial charge in [-0.3, -0.25) is 4.79 Å². The number of aliphatic hydroxyl groups excluding tert-OH is 1. The molecular weight excluding hydrogens is 286 g/mol. The van der Waals surface area contributed by atoms with Crippen LogP contribution < -0.4 is 0 Å². The molecule has 0 bridgehead atoms. The topological polar surface area (TPSA) is 76.1 Å². The smallest absolute Gasteiger partial charge is 0.410 e. The third-order valence-electron chi connectivity index (χ3n) is 2.74. The number of rotatable bonds is 8. The van der Waals surface area contributed by atoms with Crippen LogP contribution in [0.15, 0.2) is 24.8 Å². The Balaban J connectivity index is 5.04. The van der Waals surface area contributed by atoms with Crippen LogP contribution in [-0.4, -0.2) is 54.5 Å². The number of ether oxygens (including phenoxy) is 2. The van der Waals surface area contributed by atoms with Gasteiger partial charge in [0, 0.05) is 13.1 Å². The molecule has 1 unspecified atom stereocenters. The normalized spacial score (nSPS) is 12.2. The molecule has 1 N–H and O–H groups in total. The molecule has 6 heteroatoms. The van der Waals surface area contributed by atoms with Crippen molar-refractivity contribution in [2.75, 3.05) is 26.8 Å². The van der Waals surface area contributed by atoms with Crippen LogP contribution in [-0.2, 0) is 14.3 Å². The molecule has 0 aliphatic heterocycles. The summed E-state index contributed by atoms with van der Waals surface area (Å²) < 4.78 is 10.1. The van der Waals surface area contributed by atoms with E-state index >= 15 is 0 Å². The summed E-state index contributed by atoms with van der Waals surface area (Å²) in [5.74, 6) is -1.08. The highest BCUT2D eigenvalue weighted by Crippen LogP contribution is 2.16. The molecule has 0 aliphatic carbocycles. The van der Waals surface area contributed by atoms with Gasteiger partial charge in [-0.15, -0.1) is 6.58 Å². The minimum Gasteiger partial charge on any atom is -0.469 e. The van der Waals surface area contributed by atoms with Gasteiger partial charge in [-0.1, -0.05) is 18.2 Å². The molecule has 0 aromatic rings. The number of aliphatic hydroxyl groups is 1. The highest BCUT2D eigenvalue weighted by atomic mass is 16.6. The Morgan fingerprint density at radius 1 is 1.36 bits per heavy atom. The Morgan fingerprint density at radius 2 is 1.95 bits per heavy atom. The Kier molecular flexibility index (Phi) is 8.48. The van der Waals surface area contributed by atoms with E-state index in [9.17, 15) is 9.59 Å². The molecule has 6 nitrogen and oxygen atoms in total. The van der Waals surface area contributed by atoms with Gasteiger partial charge in [-0.2, -0.15) is 0 Å². The molecule has 0 aliphatic rings. The first-order valence-electron chi connectivity index (χ1n) is 7.08. The van der Waals surface area contributed by atoms with E-state index in [4.69, 9.17) is 14.6 Å². The van der Waals surface area contributed by atoms with E-state index in [1.165, 1.54) is 12.0 Å². The lowest BCUT2D eigenvalue weighted by molar-refractivity contribution is -0.145. The zero-order valence-electron chi connectivity index (χ0n) is 13.9. The van der Waals surface area contributed by atoms with Gasteiger partial charge in [0.15, 0.2) is 0 Å². The molecule has 0 aromatic heterocycles. The monoisotopic (exact) mass is 313 g/mol. The molecule has 0 radical (unpaired) electrons. The second-order valence-corrected chi connectivity index (χ2v) is 6.01. The van der Waals surface area contributed by atoms with Gasteiger partial charge in [0.05, 0.1) is 19.6 Å². The molecule has 0 rings (SSSR count). The second kappa shape index (κ2) is 9.25. The SMILES string of the molecule is C=CCN(CC(CC(=C)CO)C(=O)OC)C(=O)OC(C)(C)C. The van der Waals surface area contributed by atoms with Crippen molar-refractivity contribution in [3.63, 3.8) is 0 Å². The van der Waals surface area contributed by atoms with E-state index in [2.05, 4.69) is 13.2 Å². The van der Waals surface area contributed by atoms with E-state index < -0.39 is 23.6 Å². The standard InChI is InChI=1S/C16H27NO5/c1-7-8-17(15(20)22-16(3,4)5)10-13(14(19)21-6)9-12(2)11-18/h7,13,18H,1-2,8-11H2,3-6H3. The maximum atomic E-state index is 12.2. The summed E-state index contributed by atoms with van der Waals surface area (Å²) in [6.45, 7) is 12.7. The highest BCUT2D eigenvalue weighted by molar-refractivity contribution is 5.74. The zero-order chi connectivity index (χ0) is 17.3. The lowest BCUT2D eigenvalue weighted by Gasteiger charge is -2.29. The van der Waals surface area contributed by atoms with E-state index in [-0.39, 0.29) is 26.1 Å². The minimum absolute atomic E-state index is 0.104. The largest absolute Gasteiger partial charge is 0.469 e. The third kappa shape index (κ3) is 7.83. The fourth-order valence-corrected chi connectivity index (χ4v) is 1.77. The van der Waals surface area contributed by atoms with Crippen molar-refractivity contribution >= 4 is 12.1 Å². The number of carbonyl (C=O) groups excluding carboxylic acids is 2. The number of hydrogen-bond acceptors (Lipinski definition) is 5. The van der Waals surface area contributed by atoms with E-state index in [0.717, 1.165) is 0 Å². The summed E-state index contributed by atoms with van der Waals surface area (Å²) in [5.41, 5.74) is -0.135. The van der Waals surface area contributed by atoms with Crippen LogP contribution in [0.25, 0.3) is 0 Å². The van der Waals surface area contributed by atoms with Gasteiger partial charge < -0.3 is 19.5 Å². The van der Waals surface area contributed by atoms with Crippen LogP contribution >= 0.6 is 0 Å². The summed E-state index contributed by atoms with van der Waals surface area (Å²) in [4.78, 5) is 25.4. The van der Waals surface area contributed by atoms with Crippen LogP contribution in [0.1, 0.15) is 27.2 Å². The van der Waals surface area contributed by atoms with Crippen LogP contribution in [0.5, 0.6) is 0 Å². The first kappa shape index (κ1) is 20.2. The Morgan fingerprint density at radius 3 is 2.36 bits per heavy atom. The van der Waals surface area contributed by atoms with Gasteiger partial charge in [0.25, 0.3) is 0 Å². The summed E-state index contributed by atoms with van der Waals surface area (Å²) in [6.07, 6.45) is 1.26. The number of hydrogen-bond donors (Lipinski definition) is 1. The average molecular weight is 313 g/mol. The molecule has 126 valence electrons. The van der Waals surface area contributed by atoms with Crippen molar-refractivity contribution < 1.29 is 24.2 Å². The second-order valence-electron chi connectivity index (χ2n) is 6.01. The quantitative estimate of drug-likeness (QED) is 0.549. The zero-order valence-corrected chi connectivity index (χ0v) is 13.9. The first-order valence-corrected chi connectivity index (χ1v) is 7.08. The van der Waals surface area contributed by atoms with Gasteiger partial charge in [0.2, 0.25) is 0 Å². The van der Waals surface area contributed by atoms with Crippen molar-refractivity contribution in [3.8, 4) is 0 Å². The molecule has 0 saturated heterocycles. The maximum Gasteiger partial charge on any atom is 0.410 e. The fourth-order valence-electron chi connectivity index (χ4n) is 1.77. The lowest BCUT2D eigenvalue weighted by atomic mass is 10.00. The van der Waals surface area contributed by atoms with E-state index in [1.807, 2.05) is 0 Å². The third-order valence-corrected chi connectivity index (χ3v) is 2.74. The minimum atomic E-state index is -0.633. The summed E-state index contributed by atoms with van der Waals surface area (Å²) in [7, 11) is 1.28. The molecule has 1 amide bonds. The predicted molar refractivity (Wildman–Crippen MR) is 84.4 cm³/mol. The van der Waals surface area contributed by atoms with Gasteiger partial charge in [-0.05, 0) is 27.2 Å². The maximum absolute atomic E-state index is 12.2. The van der Waals surface area contributed by atoms with Gasteiger partial charge in [-0.25, -0.2) is 4.79 Å². The molecule has 0 spiro atoms. The first-order chi connectivity index (χ1) is 10.1. The average Bonchev–Trinajstić information content (AvgIpc) is 2.42. The van der Waals surface area contributed by atoms with Crippen molar-refractivity contribution in [1.29, 1.82) is 0 Å². The number of carbonyl (C=O) groups is 2. The van der Waals surface area contributed by atoms with Gasteiger partial charge >= 0.3 is 12.1 Å².